The van der Waals surface area contributed by atoms with E-state index in [-0.39, 0.29) is 5.41 Å². The first-order valence-electron chi connectivity index (χ1n) is 6.28. The zero-order valence-electron chi connectivity index (χ0n) is 11.0. The second-order valence-corrected chi connectivity index (χ2v) is 7.42. The van der Waals surface area contributed by atoms with Gasteiger partial charge in [-0.1, -0.05) is 13.8 Å². The van der Waals surface area contributed by atoms with Gasteiger partial charge >= 0.3 is 0 Å². The molecule has 0 aliphatic heterocycles. The first-order valence-corrected chi connectivity index (χ1v) is 8.15. The average Bonchev–Trinajstić information content (AvgIpc) is 2.32. The summed E-state index contributed by atoms with van der Waals surface area (Å²) in [5, 5.41) is 3.63. The smallest absolute Gasteiger partial charge is 0.0665 e. The van der Waals surface area contributed by atoms with Crippen molar-refractivity contribution < 1.29 is 4.74 Å². The predicted molar refractivity (Wildman–Crippen MR) is 88.1 cm³/mol. The Balaban J connectivity index is 2.05. The summed E-state index contributed by atoms with van der Waals surface area (Å²) in [5.41, 5.74) is 1.37. The van der Waals surface area contributed by atoms with Gasteiger partial charge < -0.3 is 10.1 Å². The molecule has 0 radical (unpaired) electrons. The molecule has 2 unspecified atom stereocenters. The van der Waals surface area contributed by atoms with Crippen molar-refractivity contribution in [1.29, 1.82) is 0 Å². The van der Waals surface area contributed by atoms with Crippen LogP contribution in [0.5, 0.6) is 0 Å². The molecular weight excluding hydrogens is 405 g/mol. The lowest BCUT2D eigenvalue weighted by molar-refractivity contribution is -0.0976. The van der Waals surface area contributed by atoms with Gasteiger partial charge in [-0.2, -0.15) is 0 Å². The standard InChI is InChI=1S/C14H19BrINO/c1-4-18-13-8-12(14(13,2)3)17-11-7-9(16)5-6-10(11)15/h5-7,12-13,17H,4,8H2,1-3H3. The van der Waals surface area contributed by atoms with Crippen LogP contribution in [0.25, 0.3) is 0 Å². The summed E-state index contributed by atoms with van der Waals surface area (Å²) in [4.78, 5) is 0. The number of ether oxygens (including phenoxy) is 1. The Bertz CT molecular complexity index is 436. The molecule has 2 atom stereocenters. The topological polar surface area (TPSA) is 21.3 Å². The Morgan fingerprint density at radius 2 is 2.22 bits per heavy atom. The number of halogens is 2. The molecule has 1 fully saturated rings. The maximum atomic E-state index is 5.76. The van der Waals surface area contributed by atoms with E-state index in [0.717, 1.165) is 17.5 Å². The van der Waals surface area contributed by atoms with Crippen molar-refractivity contribution in [1.82, 2.24) is 0 Å². The lowest BCUT2D eigenvalue weighted by atomic mass is 9.64. The van der Waals surface area contributed by atoms with E-state index in [2.05, 4.69) is 82.8 Å². The Labute approximate surface area is 131 Å². The number of benzene rings is 1. The highest BCUT2D eigenvalue weighted by molar-refractivity contribution is 14.1. The minimum Gasteiger partial charge on any atom is -0.381 e. The van der Waals surface area contributed by atoms with Gasteiger partial charge in [-0.3, -0.25) is 0 Å². The zero-order valence-corrected chi connectivity index (χ0v) is 14.7. The fourth-order valence-corrected chi connectivity index (χ4v) is 3.26. The Morgan fingerprint density at radius 3 is 2.83 bits per heavy atom. The number of nitrogens with one attached hydrogen (secondary N) is 1. The van der Waals surface area contributed by atoms with Gasteiger partial charge in [0.2, 0.25) is 0 Å². The fraction of sp³-hybridized carbons (Fsp3) is 0.571. The second kappa shape index (κ2) is 5.67. The summed E-state index contributed by atoms with van der Waals surface area (Å²) in [6, 6.07) is 6.85. The average molecular weight is 424 g/mol. The Morgan fingerprint density at radius 1 is 1.50 bits per heavy atom. The summed E-state index contributed by atoms with van der Waals surface area (Å²) in [5.74, 6) is 0. The molecule has 1 aromatic rings. The molecule has 100 valence electrons. The number of hydrogen-bond acceptors (Lipinski definition) is 2. The largest absolute Gasteiger partial charge is 0.381 e. The van der Waals surface area contributed by atoms with Gasteiger partial charge in [0.25, 0.3) is 0 Å². The third-order valence-corrected chi connectivity index (χ3v) is 5.17. The van der Waals surface area contributed by atoms with Crippen molar-refractivity contribution in [2.24, 2.45) is 5.41 Å². The molecule has 1 aromatic carbocycles. The summed E-state index contributed by atoms with van der Waals surface area (Å²) in [6.07, 6.45) is 1.46. The van der Waals surface area contributed by atoms with Crippen LogP contribution in [0.4, 0.5) is 5.69 Å². The second-order valence-electron chi connectivity index (χ2n) is 5.32. The fourth-order valence-electron chi connectivity index (χ4n) is 2.41. The van der Waals surface area contributed by atoms with Crippen LogP contribution in [-0.4, -0.2) is 18.8 Å². The Hall–Kier alpha value is 0.190. The first-order chi connectivity index (χ1) is 8.45. The summed E-state index contributed by atoms with van der Waals surface area (Å²) < 4.78 is 8.13. The van der Waals surface area contributed by atoms with Crippen molar-refractivity contribution in [2.45, 2.75) is 39.3 Å². The van der Waals surface area contributed by atoms with Gasteiger partial charge in [-0.25, -0.2) is 0 Å². The van der Waals surface area contributed by atoms with Gasteiger partial charge in [0.05, 0.1) is 6.10 Å². The van der Waals surface area contributed by atoms with Crippen LogP contribution in [-0.2, 0) is 4.74 Å². The predicted octanol–water partition coefficient (Wildman–Crippen LogP) is 4.67. The van der Waals surface area contributed by atoms with E-state index in [9.17, 15) is 0 Å². The van der Waals surface area contributed by atoms with Crippen LogP contribution < -0.4 is 5.32 Å². The van der Waals surface area contributed by atoms with Gasteiger partial charge in [-0.05, 0) is 70.1 Å². The SMILES string of the molecule is CCOC1CC(Nc2cc(I)ccc2Br)C1(C)C. The molecule has 1 N–H and O–H groups in total. The molecule has 0 saturated heterocycles. The Kier molecular flexibility index (Phi) is 4.60. The van der Waals surface area contributed by atoms with Crippen LogP contribution >= 0.6 is 38.5 Å². The monoisotopic (exact) mass is 423 g/mol. The molecule has 0 bridgehead atoms. The van der Waals surface area contributed by atoms with E-state index in [1.54, 1.807) is 0 Å². The van der Waals surface area contributed by atoms with E-state index in [1.165, 1.54) is 9.26 Å². The van der Waals surface area contributed by atoms with Crippen LogP contribution in [0.1, 0.15) is 27.2 Å². The van der Waals surface area contributed by atoms with E-state index in [1.807, 2.05) is 0 Å². The molecular formula is C14H19BrINO. The van der Waals surface area contributed by atoms with Crippen molar-refractivity contribution in [3.8, 4) is 0 Å². The van der Waals surface area contributed by atoms with Crippen LogP contribution in [0.2, 0.25) is 0 Å². The van der Waals surface area contributed by atoms with Crippen molar-refractivity contribution in [3.63, 3.8) is 0 Å². The van der Waals surface area contributed by atoms with Gasteiger partial charge in [0, 0.05) is 31.8 Å². The number of hydrogen-bond donors (Lipinski definition) is 1. The molecule has 2 rings (SSSR count). The zero-order chi connectivity index (χ0) is 13.3. The maximum Gasteiger partial charge on any atom is 0.0665 e. The summed E-state index contributed by atoms with van der Waals surface area (Å²) in [6.45, 7) is 7.41. The lowest BCUT2D eigenvalue weighted by Crippen LogP contribution is -2.58. The number of anilines is 1. The molecule has 1 aliphatic carbocycles. The highest BCUT2D eigenvalue weighted by Crippen LogP contribution is 2.45. The van der Waals surface area contributed by atoms with Crippen molar-refractivity contribution in [2.75, 3.05) is 11.9 Å². The van der Waals surface area contributed by atoms with Crippen LogP contribution in [0.3, 0.4) is 0 Å². The lowest BCUT2D eigenvalue weighted by Gasteiger charge is -2.52. The van der Waals surface area contributed by atoms with Crippen molar-refractivity contribution >= 4 is 44.2 Å². The molecule has 1 aliphatic rings. The van der Waals surface area contributed by atoms with Gasteiger partial charge in [0.15, 0.2) is 0 Å². The number of rotatable bonds is 4. The van der Waals surface area contributed by atoms with E-state index in [4.69, 9.17) is 4.74 Å². The van der Waals surface area contributed by atoms with E-state index >= 15 is 0 Å². The molecule has 0 heterocycles. The first kappa shape index (κ1) is 14.6. The van der Waals surface area contributed by atoms with Crippen LogP contribution in [0.15, 0.2) is 22.7 Å². The summed E-state index contributed by atoms with van der Waals surface area (Å²) in [7, 11) is 0. The molecule has 0 aromatic heterocycles. The molecule has 4 heteroatoms. The minimum absolute atomic E-state index is 0.191. The van der Waals surface area contributed by atoms with Crippen molar-refractivity contribution in [3.05, 3.63) is 26.2 Å². The van der Waals surface area contributed by atoms with Gasteiger partial charge in [-0.15, -0.1) is 0 Å². The third-order valence-electron chi connectivity index (χ3n) is 3.80. The highest BCUT2D eigenvalue weighted by Gasteiger charge is 2.48. The molecule has 0 spiro atoms. The van der Waals surface area contributed by atoms with Crippen LogP contribution in [0, 0.1) is 8.99 Å². The third kappa shape index (κ3) is 2.85. The molecule has 18 heavy (non-hydrogen) atoms. The highest BCUT2D eigenvalue weighted by atomic mass is 127. The van der Waals surface area contributed by atoms with E-state index in [0.29, 0.717) is 12.1 Å². The normalized spacial score (nSPS) is 25.6. The molecule has 0 amide bonds. The molecule has 1 saturated carbocycles. The van der Waals surface area contributed by atoms with Gasteiger partial charge in [0.1, 0.15) is 0 Å². The molecule has 2 nitrogen and oxygen atoms in total. The maximum absolute atomic E-state index is 5.76. The van der Waals surface area contributed by atoms with E-state index < -0.39 is 0 Å². The quantitative estimate of drug-likeness (QED) is 0.710. The summed E-state index contributed by atoms with van der Waals surface area (Å²) >= 11 is 5.94. The minimum atomic E-state index is 0.191.